The van der Waals surface area contributed by atoms with Gasteiger partial charge in [0.2, 0.25) is 5.13 Å². The summed E-state index contributed by atoms with van der Waals surface area (Å²) in [6.07, 6.45) is -0.275. The number of nitrogens with one attached hydrogen (secondary N) is 1. The number of alkyl halides is 3. The Morgan fingerprint density at radius 2 is 1.77 bits per heavy atom. The molecule has 0 atom stereocenters. The number of aromatic nitrogens is 3. The molecule has 1 N–H and O–H groups in total. The zero-order chi connectivity index (χ0) is 18.4. The van der Waals surface area contributed by atoms with Crippen molar-refractivity contribution in [2.24, 2.45) is 0 Å². The number of hydrogen-bond acceptors (Lipinski definition) is 7. The largest absolute Gasteiger partial charge is 0.573 e. The van der Waals surface area contributed by atoms with Crippen LogP contribution in [0.15, 0.2) is 53.1 Å². The number of nitrogens with zero attached hydrogens (tertiary/aromatic N) is 3. The van der Waals surface area contributed by atoms with Gasteiger partial charge in [0.15, 0.2) is 4.34 Å². The molecule has 0 aliphatic heterocycles. The summed E-state index contributed by atoms with van der Waals surface area (Å²) in [6, 6.07) is 9.39. The first-order chi connectivity index (χ1) is 12.5. The van der Waals surface area contributed by atoms with Crippen molar-refractivity contribution in [3.05, 3.63) is 54.4 Å². The number of pyridine rings is 1. The first-order valence-corrected chi connectivity index (χ1v) is 9.26. The van der Waals surface area contributed by atoms with E-state index in [-0.39, 0.29) is 5.75 Å². The van der Waals surface area contributed by atoms with Crippen LogP contribution in [0.5, 0.6) is 5.75 Å². The molecule has 136 valence electrons. The van der Waals surface area contributed by atoms with Crippen molar-refractivity contribution in [1.82, 2.24) is 15.2 Å². The number of rotatable bonds is 7. The maximum atomic E-state index is 12.1. The summed E-state index contributed by atoms with van der Waals surface area (Å²) >= 11 is 2.98. The molecule has 0 radical (unpaired) electrons. The first kappa shape index (κ1) is 18.5. The van der Waals surface area contributed by atoms with E-state index in [1.807, 2.05) is 12.1 Å². The molecule has 2 heterocycles. The average molecular weight is 398 g/mol. The molecule has 10 heteroatoms. The summed E-state index contributed by atoms with van der Waals surface area (Å²) in [7, 11) is 0. The molecule has 0 aliphatic carbocycles. The van der Waals surface area contributed by atoms with Gasteiger partial charge in [-0.1, -0.05) is 23.1 Å². The van der Waals surface area contributed by atoms with Crippen LogP contribution in [0.25, 0.3) is 0 Å². The van der Waals surface area contributed by atoms with Crippen molar-refractivity contribution in [1.29, 1.82) is 0 Å². The van der Waals surface area contributed by atoms with Crippen LogP contribution >= 0.6 is 23.1 Å². The highest BCUT2D eigenvalue weighted by Crippen LogP contribution is 2.29. The minimum absolute atomic E-state index is 0.271. The number of ether oxygens (including phenoxy) is 1. The zero-order valence-corrected chi connectivity index (χ0v) is 14.9. The summed E-state index contributed by atoms with van der Waals surface area (Å²) in [5.74, 6) is 0.593. The monoisotopic (exact) mass is 398 g/mol. The van der Waals surface area contributed by atoms with Gasteiger partial charge in [-0.15, -0.1) is 23.4 Å². The van der Waals surface area contributed by atoms with Gasteiger partial charge >= 0.3 is 6.36 Å². The molecule has 3 rings (SSSR count). The quantitative estimate of drug-likeness (QED) is 0.571. The third-order valence-electron chi connectivity index (χ3n) is 3.11. The number of thioether (sulfide) groups is 1. The summed E-state index contributed by atoms with van der Waals surface area (Å²) in [5, 5.41) is 11.7. The fraction of sp³-hybridized carbons (Fsp3) is 0.188. The van der Waals surface area contributed by atoms with Crippen LogP contribution in [0.1, 0.15) is 5.56 Å². The van der Waals surface area contributed by atoms with E-state index in [9.17, 15) is 13.2 Å². The highest BCUT2D eigenvalue weighted by molar-refractivity contribution is 8.01. The Morgan fingerprint density at radius 1 is 1.04 bits per heavy atom. The topological polar surface area (TPSA) is 59.9 Å². The molecule has 0 unspecified atom stereocenters. The normalized spacial score (nSPS) is 11.3. The van der Waals surface area contributed by atoms with Gasteiger partial charge in [0, 0.05) is 23.8 Å². The van der Waals surface area contributed by atoms with Crippen LogP contribution in [0, 0.1) is 0 Å². The van der Waals surface area contributed by atoms with Crippen LogP contribution in [0.4, 0.5) is 24.0 Å². The molecular weight excluding hydrogens is 385 g/mol. The first-order valence-electron chi connectivity index (χ1n) is 7.46. The lowest BCUT2D eigenvalue weighted by Gasteiger charge is -2.09. The van der Waals surface area contributed by atoms with E-state index in [0.29, 0.717) is 10.8 Å². The zero-order valence-electron chi connectivity index (χ0n) is 13.2. The minimum atomic E-state index is -4.70. The van der Waals surface area contributed by atoms with Gasteiger partial charge in [0.1, 0.15) is 5.75 Å². The van der Waals surface area contributed by atoms with Crippen molar-refractivity contribution >= 4 is 33.9 Å². The van der Waals surface area contributed by atoms with E-state index in [0.717, 1.165) is 16.5 Å². The number of hydrogen-bond donors (Lipinski definition) is 1. The van der Waals surface area contributed by atoms with Crippen molar-refractivity contribution in [3.63, 3.8) is 0 Å². The number of halogens is 3. The maximum Gasteiger partial charge on any atom is 0.573 e. The number of anilines is 2. The molecule has 0 aliphatic rings. The minimum Gasteiger partial charge on any atom is -0.406 e. The maximum absolute atomic E-state index is 12.1. The Labute approximate surface area is 155 Å². The van der Waals surface area contributed by atoms with Gasteiger partial charge in [0.05, 0.1) is 0 Å². The van der Waals surface area contributed by atoms with E-state index < -0.39 is 6.36 Å². The van der Waals surface area contributed by atoms with Crippen LogP contribution < -0.4 is 10.1 Å². The van der Waals surface area contributed by atoms with E-state index in [4.69, 9.17) is 0 Å². The SMILES string of the molecule is FC(F)(F)Oc1ccc(Nc2nnc(SCCc3ccncc3)s2)cc1. The Bertz CT molecular complexity index is 826. The molecule has 1 aromatic carbocycles. The molecule has 5 nitrogen and oxygen atoms in total. The molecule has 0 saturated carbocycles. The van der Waals surface area contributed by atoms with E-state index in [1.165, 1.54) is 41.2 Å². The van der Waals surface area contributed by atoms with Crippen LogP contribution in [-0.2, 0) is 6.42 Å². The summed E-state index contributed by atoms with van der Waals surface area (Å²) < 4.78 is 41.1. The van der Waals surface area contributed by atoms with Gasteiger partial charge in [-0.3, -0.25) is 4.98 Å². The van der Waals surface area contributed by atoms with Crippen molar-refractivity contribution in [3.8, 4) is 5.75 Å². The summed E-state index contributed by atoms with van der Waals surface area (Å²) in [5.41, 5.74) is 1.81. The molecule has 0 bridgehead atoms. The Balaban J connectivity index is 1.50. The second-order valence-corrected chi connectivity index (χ2v) is 7.34. The van der Waals surface area contributed by atoms with Gasteiger partial charge in [-0.25, -0.2) is 0 Å². The van der Waals surface area contributed by atoms with Gasteiger partial charge in [0.25, 0.3) is 0 Å². The summed E-state index contributed by atoms with van der Waals surface area (Å²) in [4.78, 5) is 3.98. The number of benzene rings is 1. The highest BCUT2D eigenvalue weighted by atomic mass is 32.2. The molecule has 0 spiro atoms. The highest BCUT2D eigenvalue weighted by Gasteiger charge is 2.30. The van der Waals surface area contributed by atoms with Crippen LogP contribution in [-0.4, -0.2) is 27.3 Å². The molecule has 2 aromatic heterocycles. The molecule has 0 saturated heterocycles. The lowest BCUT2D eigenvalue weighted by Crippen LogP contribution is -2.16. The van der Waals surface area contributed by atoms with Gasteiger partial charge in [-0.05, 0) is 48.4 Å². The molecular formula is C16H13F3N4OS2. The number of aryl methyl sites for hydroxylation is 1. The van der Waals surface area contributed by atoms with Crippen LogP contribution in [0.2, 0.25) is 0 Å². The van der Waals surface area contributed by atoms with E-state index in [1.54, 1.807) is 24.2 Å². The average Bonchev–Trinajstić information content (AvgIpc) is 3.04. The Morgan fingerprint density at radius 3 is 2.46 bits per heavy atom. The van der Waals surface area contributed by atoms with E-state index in [2.05, 4.69) is 25.2 Å². The van der Waals surface area contributed by atoms with Gasteiger partial charge in [-0.2, -0.15) is 0 Å². The van der Waals surface area contributed by atoms with Crippen molar-refractivity contribution < 1.29 is 17.9 Å². The molecule has 26 heavy (non-hydrogen) atoms. The van der Waals surface area contributed by atoms with Gasteiger partial charge < -0.3 is 10.1 Å². The fourth-order valence-corrected chi connectivity index (χ4v) is 3.82. The Kier molecular flexibility index (Phi) is 5.94. The van der Waals surface area contributed by atoms with Crippen molar-refractivity contribution in [2.45, 2.75) is 17.1 Å². The smallest absolute Gasteiger partial charge is 0.406 e. The molecule has 0 fully saturated rings. The lowest BCUT2D eigenvalue weighted by molar-refractivity contribution is -0.274. The standard InChI is InChI=1S/C16H13F3N4OS2/c17-16(18,19)24-13-3-1-12(2-4-13)21-14-22-23-15(26-14)25-10-7-11-5-8-20-9-6-11/h1-6,8-9H,7,10H2,(H,21,22). The lowest BCUT2D eigenvalue weighted by atomic mass is 10.2. The summed E-state index contributed by atoms with van der Waals surface area (Å²) in [6.45, 7) is 0. The Hall–Kier alpha value is -2.33. The molecule has 0 amide bonds. The second-order valence-electron chi connectivity index (χ2n) is 5.02. The third-order valence-corrected chi connectivity index (χ3v) is 5.08. The van der Waals surface area contributed by atoms with E-state index >= 15 is 0 Å². The third kappa shape index (κ3) is 5.88. The fourth-order valence-electron chi connectivity index (χ4n) is 1.99. The van der Waals surface area contributed by atoms with Crippen LogP contribution in [0.3, 0.4) is 0 Å². The van der Waals surface area contributed by atoms with Crippen molar-refractivity contribution in [2.75, 3.05) is 11.1 Å². The molecule has 3 aromatic rings. The predicted molar refractivity (Wildman–Crippen MR) is 95.0 cm³/mol. The second kappa shape index (κ2) is 8.37. The predicted octanol–water partition coefficient (Wildman–Crippen LogP) is 4.91.